The summed E-state index contributed by atoms with van der Waals surface area (Å²) in [6.45, 7) is 2.77. The molecule has 218 valence electrons. The van der Waals surface area contributed by atoms with Gasteiger partial charge in [-0.3, -0.25) is 19.0 Å². The van der Waals surface area contributed by atoms with Crippen molar-refractivity contribution in [2.75, 3.05) is 13.6 Å². The summed E-state index contributed by atoms with van der Waals surface area (Å²) in [6, 6.07) is 22.4. The molecule has 1 atom stereocenters. The lowest BCUT2D eigenvalue weighted by Gasteiger charge is -2.30. The van der Waals surface area contributed by atoms with Crippen molar-refractivity contribution in [2.45, 2.75) is 32.2 Å². The summed E-state index contributed by atoms with van der Waals surface area (Å²) >= 11 is 9.66. The Kier molecular flexibility index (Phi) is 7.94. The van der Waals surface area contributed by atoms with Gasteiger partial charge in [-0.1, -0.05) is 48.9 Å². The van der Waals surface area contributed by atoms with Gasteiger partial charge in [0.15, 0.2) is 0 Å². The van der Waals surface area contributed by atoms with Crippen molar-refractivity contribution in [2.24, 2.45) is 0 Å². The fraction of sp³-hybridized carbons (Fsp3) is 0.212. The highest BCUT2D eigenvalue weighted by molar-refractivity contribution is 9.10. The molecule has 3 heterocycles. The summed E-state index contributed by atoms with van der Waals surface area (Å²) in [7, 11) is 1.58. The Morgan fingerprint density at radius 3 is 2.47 bits per heavy atom. The quantitative estimate of drug-likeness (QED) is 0.250. The number of aromatic nitrogens is 3. The highest BCUT2D eigenvalue weighted by atomic mass is 79.9. The zero-order valence-corrected chi connectivity index (χ0v) is 26.0. The van der Waals surface area contributed by atoms with E-state index in [9.17, 15) is 14.4 Å². The molecule has 0 radical (unpaired) electrons. The molecule has 0 unspecified atom stereocenters. The topological polar surface area (TPSA) is 88.7 Å². The number of nitrogens with one attached hydrogen (secondary N) is 1. The molecule has 0 spiro atoms. The van der Waals surface area contributed by atoms with Crippen molar-refractivity contribution in [1.29, 1.82) is 0 Å². The molecule has 0 saturated carbocycles. The molecule has 3 aromatic carbocycles. The highest BCUT2D eigenvalue weighted by Gasteiger charge is 2.29. The molecule has 0 saturated heterocycles. The highest BCUT2D eigenvalue weighted by Crippen LogP contribution is 2.29. The smallest absolute Gasteiger partial charge is 0.261 e. The molecule has 0 bridgehead atoms. The van der Waals surface area contributed by atoms with Crippen LogP contribution in [0.3, 0.4) is 0 Å². The lowest BCUT2D eigenvalue weighted by molar-refractivity contribution is 0.0729. The Morgan fingerprint density at radius 2 is 1.77 bits per heavy atom. The second-order valence-electron chi connectivity index (χ2n) is 10.7. The van der Waals surface area contributed by atoms with Gasteiger partial charge in [-0.2, -0.15) is 5.10 Å². The Bertz CT molecular complexity index is 1920. The number of fused-ring (bicyclic) bond motifs is 3. The number of nitrogens with zero attached hydrogens (tertiary/aromatic N) is 4. The van der Waals surface area contributed by atoms with Crippen molar-refractivity contribution in [3.63, 3.8) is 0 Å². The number of rotatable bonds is 6. The zero-order valence-electron chi connectivity index (χ0n) is 23.7. The molecule has 0 aliphatic carbocycles. The lowest BCUT2D eigenvalue weighted by atomic mass is 9.95. The molecule has 0 fully saturated rings. The predicted octanol–water partition coefficient (Wildman–Crippen LogP) is 5.81. The minimum atomic E-state index is -0.201. The average molecular weight is 659 g/mol. The van der Waals surface area contributed by atoms with Gasteiger partial charge in [-0.15, -0.1) is 0 Å². The number of carbonyl (C=O) groups is 2. The Balaban J connectivity index is 1.47. The van der Waals surface area contributed by atoms with Crippen molar-refractivity contribution in [3.8, 4) is 5.69 Å². The van der Waals surface area contributed by atoms with Crippen LogP contribution >= 0.6 is 27.5 Å². The van der Waals surface area contributed by atoms with Crippen LogP contribution in [-0.2, 0) is 19.4 Å². The van der Waals surface area contributed by atoms with Crippen LogP contribution in [0.1, 0.15) is 55.9 Å². The zero-order chi connectivity index (χ0) is 30.2. The van der Waals surface area contributed by atoms with Crippen LogP contribution in [0, 0.1) is 0 Å². The molecule has 43 heavy (non-hydrogen) atoms. The Hall–Kier alpha value is -4.21. The van der Waals surface area contributed by atoms with Crippen LogP contribution in [-0.4, -0.2) is 44.5 Å². The molecule has 2 amide bonds. The van der Waals surface area contributed by atoms with Crippen LogP contribution in [0.4, 0.5) is 0 Å². The Morgan fingerprint density at radius 1 is 1.05 bits per heavy atom. The van der Waals surface area contributed by atoms with Gasteiger partial charge in [0.25, 0.3) is 17.4 Å². The number of carbonyl (C=O) groups excluding carboxylic acids is 2. The van der Waals surface area contributed by atoms with E-state index in [2.05, 4.69) is 40.3 Å². The second kappa shape index (κ2) is 11.8. The maximum atomic E-state index is 14.3. The number of hydrogen-bond donors (Lipinski definition) is 1. The van der Waals surface area contributed by atoms with Crippen molar-refractivity contribution in [3.05, 3.63) is 132 Å². The van der Waals surface area contributed by atoms with Crippen molar-refractivity contribution >= 4 is 45.0 Å². The normalized spacial score (nSPS) is 13.5. The molecule has 8 nitrogen and oxygen atoms in total. The van der Waals surface area contributed by atoms with E-state index in [-0.39, 0.29) is 29.8 Å². The summed E-state index contributed by atoms with van der Waals surface area (Å²) in [5, 5.41) is 7.88. The number of hydrogen-bond acceptors (Lipinski definition) is 4. The maximum Gasteiger partial charge on any atom is 0.261 e. The first-order valence-electron chi connectivity index (χ1n) is 14.0. The van der Waals surface area contributed by atoms with Gasteiger partial charge in [0.1, 0.15) is 5.65 Å². The number of halogens is 2. The van der Waals surface area contributed by atoms with Gasteiger partial charge in [0, 0.05) is 40.3 Å². The van der Waals surface area contributed by atoms with Crippen LogP contribution in [0.5, 0.6) is 0 Å². The fourth-order valence-electron chi connectivity index (χ4n) is 5.72. The maximum absolute atomic E-state index is 14.3. The van der Waals surface area contributed by atoms with E-state index >= 15 is 0 Å². The fourth-order valence-corrected chi connectivity index (χ4v) is 6.15. The first-order valence-corrected chi connectivity index (χ1v) is 15.2. The van der Waals surface area contributed by atoms with E-state index in [1.54, 1.807) is 59.0 Å². The number of benzene rings is 3. The van der Waals surface area contributed by atoms with Crippen LogP contribution in [0.2, 0.25) is 5.02 Å². The Labute approximate surface area is 262 Å². The van der Waals surface area contributed by atoms with Crippen LogP contribution in [0.25, 0.3) is 11.3 Å². The molecular weight excluding hydrogens is 630 g/mol. The molecule has 1 N–H and O–H groups in total. The third-order valence-corrected chi connectivity index (χ3v) is 9.26. The van der Waals surface area contributed by atoms with E-state index in [1.165, 1.54) is 5.56 Å². The average Bonchev–Trinajstić information content (AvgIpc) is 3.45. The van der Waals surface area contributed by atoms with Gasteiger partial charge in [-0.25, -0.2) is 4.52 Å². The van der Waals surface area contributed by atoms with E-state index in [0.717, 1.165) is 5.56 Å². The summed E-state index contributed by atoms with van der Waals surface area (Å²) in [5.74, 6) is -0.190. The predicted molar refractivity (Wildman–Crippen MR) is 170 cm³/mol. The third kappa shape index (κ3) is 5.39. The summed E-state index contributed by atoms with van der Waals surface area (Å²) in [6.07, 6.45) is 2.85. The summed E-state index contributed by atoms with van der Waals surface area (Å²) < 4.78 is 4.22. The molecule has 10 heteroatoms. The molecule has 1 aliphatic rings. The summed E-state index contributed by atoms with van der Waals surface area (Å²) in [4.78, 5) is 41.7. The van der Waals surface area contributed by atoms with Crippen molar-refractivity contribution in [1.82, 2.24) is 24.4 Å². The third-order valence-electron chi connectivity index (χ3n) is 8.03. The lowest BCUT2D eigenvalue weighted by Crippen LogP contribution is -2.41. The molecule has 1 aliphatic heterocycles. The monoisotopic (exact) mass is 657 g/mol. The van der Waals surface area contributed by atoms with Gasteiger partial charge in [0.05, 0.1) is 29.1 Å². The minimum Gasteiger partial charge on any atom is -0.355 e. The molecule has 5 aromatic rings. The minimum absolute atomic E-state index is 0.150. The van der Waals surface area contributed by atoms with Gasteiger partial charge in [0.2, 0.25) is 0 Å². The van der Waals surface area contributed by atoms with E-state index in [4.69, 9.17) is 16.7 Å². The summed E-state index contributed by atoms with van der Waals surface area (Å²) in [5.41, 5.74) is 5.54. The number of amides is 2. The second-order valence-corrected chi connectivity index (χ2v) is 12.0. The van der Waals surface area contributed by atoms with Gasteiger partial charge < -0.3 is 10.2 Å². The van der Waals surface area contributed by atoms with Crippen LogP contribution in [0.15, 0.2) is 88.3 Å². The first kappa shape index (κ1) is 28.9. The van der Waals surface area contributed by atoms with Crippen LogP contribution < -0.4 is 10.9 Å². The standard InChI is InChI=1S/C33H29BrClN5O3/c1-20(21-6-4-3-5-7-21)16-24-18-37-40-29-19-38(32(42)23-10-13-27(34)28(35)17-23)15-14-26(29)33(43)39(31(24)40)25-11-8-22(9-12-25)30(41)36-2/h3-13,17-18,20H,14-16,19H2,1-2H3,(H,36,41)/t20-/m1/s1. The first-order chi connectivity index (χ1) is 20.8. The molecular formula is C33H29BrClN5O3. The van der Waals surface area contributed by atoms with Gasteiger partial charge >= 0.3 is 0 Å². The van der Waals surface area contributed by atoms with E-state index in [1.807, 2.05) is 28.9 Å². The SMILES string of the molecule is CNC(=O)c1ccc(-n2c(=O)c3c(n4ncc(C[C@@H](C)c5ccccc5)c24)CN(C(=O)c2ccc(Br)c(Cl)c2)CC3)cc1. The van der Waals surface area contributed by atoms with E-state index in [0.29, 0.717) is 62.6 Å². The largest absolute Gasteiger partial charge is 0.355 e. The molecule has 6 rings (SSSR count). The van der Waals surface area contributed by atoms with E-state index < -0.39 is 0 Å². The molecule has 2 aromatic heterocycles. The van der Waals surface area contributed by atoms with Gasteiger partial charge in [-0.05, 0) is 82.7 Å². The van der Waals surface area contributed by atoms with Crippen molar-refractivity contribution < 1.29 is 9.59 Å².